The fraction of sp³-hybridized carbons (Fsp3) is 0.533. The molecule has 0 unspecified atom stereocenters. The standard InChI is InChI=1S/C15H21ClN2S/c16-12-8-10-14(11-9-12)18-15(19)17-13-6-4-2-1-3-5-7-13/h8-11,13H,1-7H2,(H2,17,18,19). The summed E-state index contributed by atoms with van der Waals surface area (Å²) in [6, 6.07) is 8.13. The van der Waals surface area contributed by atoms with Gasteiger partial charge < -0.3 is 10.6 Å². The molecule has 1 fully saturated rings. The van der Waals surface area contributed by atoms with Gasteiger partial charge in [-0.05, 0) is 49.3 Å². The van der Waals surface area contributed by atoms with Crippen LogP contribution in [0.2, 0.25) is 5.02 Å². The monoisotopic (exact) mass is 296 g/mol. The molecule has 0 spiro atoms. The molecular formula is C15H21ClN2S. The molecule has 0 heterocycles. The number of thiocarbonyl (C=S) groups is 1. The van der Waals surface area contributed by atoms with E-state index in [9.17, 15) is 0 Å². The minimum atomic E-state index is 0.521. The van der Waals surface area contributed by atoms with Crippen LogP contribution in [0.5, 0.6) is 0 Å². The number of hydrogen-bond donors (Lipinski definition) is 2. The summed E-state index contributed by atoms with van der Waals surface area (Å²) >= 11 is 11.2. The molecule has 1 aromatic rings. The van der Waals surface area contributed by atoms with Crippen LogP contribution in [0.15, 0.2) is 24.3 Å². The lowest BCUT2D eigenvalue weighted by Crippen LogP contribution is -2.38. The van der Waals surface area contributed by atoms with E-state index in [-0.39, 0.29) is 0 Å². The Kier molecular flexibility index (Phi) is 5.93. The zero-order valence-corrected chi connectivity index (χ0v) is 12.7. The number of anilines is 1. The van der Waals surface area contributed by atoms with Crippen LogP contribution in [-0.2, 0) is 0 Å². The summed E-state index contributed by atoms with van der Waals surface area (Å²) in [6.45, 7) is 0. The smallest absolute Gasteiger partial charge is 0.170 e. The topological polar surface area (TPSA) is 24.1 Å². The molecule has 0 radical (unpaired) electrons. The van der Waals surface area contributed by atoms with Crippen LogP contribution in [0, 0.1) is 0 Å². The minimum absolute atomic E-state index is 0.521. The highest BCUT2D eigenvalue weighted by Crippen LogP contribution is 2.17. The van der Waals surface area contributed by atoms with Crippen molar-refractivity contribution >= 4 is 34.6 Å². The van der Waals surface area contributed by atoms with Gasteiger partial charge in [0.05, 0.1) is 0 Å². The largest absolute Gasteiger partial charge is 0.360 e. The maximum absolute atomic E-state index is 5.86. The molecule has 19 heavy (non-hydrogen) atoms. The maximum atomic E-state index is 5.86. The van der Waals surface area contributed by atoms with E-state index in [4.69, 9.17) is 23.8 Å². The predicted octanol–water partition coefficient (Wildman–Crippen LogP) is 4.74. The maximum Gasteiger partial charge on any atom is 0.170 e. The van der Waals surface area contributed by atoms with Gasteiger partial charge in [0.15, 0.2) is 5.11 Å². The van der Waals surface area contributed by atoms with Crippen LogP contribution in [0.25, 0.3) is 0 Å². The van der Waals surface area contributed by atoms with Crippen molar-refractivity contribution < 1.29 is 0 Å². The Labute approximate surface area is 125 Å². The summed E-state index contributed by atoms with van der Waals surface area (Å²) in [4.78, 5) is 0. The first-order valence-electron chi connectivity index (χ1n) is 7.07. The van der Waals surface area contributed by atoms with Crippen LogP contribution in [0.3, 0.4) is 0 Å². The summed E-state index contributed by atoms with van der Waals surface area (Å²) in [5.74, 6) is 0. The fourth-order valence-corrected chi connectivity index (χ4v) is 2.90. The SMILES string of the molecule is S=C(Nc1ccc(Cl)cc1)NC1CCCCCCC1. The van der Waals surface area contributed by atoms with Crippen molar-refractivity contribution in [3.8, 4) is 0 Å². The van der Waals surface area contributed by atoms with Crippen molar-refractivity contribution in [2.75, 3.05) is 5.32 Å². The lowest BCUT2D eigenvalue weighted by Gasteiger charge is -2.22. The van der Waals surface area contributed by atoms with Crippen molar-refractivity contribution in [2.24, 2.45) is 0 Å². The highest BCUT2D eigenvalue weighted by molar-refractivity contribution is 7.80. The number of rotatable bonds is 2. The van der Waals surface area contributed by atoms with Gasteiger partial charge in [-0.25, -0.2) is 0 Å². The van der Waals surface area contributed by atoms with E-state index >= 15 is 0 Å². The number of benzene rings is 1. The van der Waals surface area contributed by atoms with Gasteiger partial charge >= 0.3 is 0 Å². The van der Waals surface area contributed by atoms with E-state index in [1.165, 1.54) is 44.9 Å². The van der Waals surface area contributed by atoms with Gasteiger partial charge in [-0.2, -0.15) is 0 Å². The van der Waals surface area contributed by atoms with E-state index in [0.29, 0.717) is 11.2 Å². The minimum Gasteiger partial charge on any atom is -0.360 e. The normalized spacial score (nSPS) is 17.3. The number of halogens is 1. The van der Waals surface area contributed by atoms with Gasteiger partial charge in [-0.3, -0.25) is 0 Å². The quantitative estimate of drug-likeness (QED) is 0.771. The van der Waals surface area contributed by atoms with Crippen molar-refractivity contribution in [2.45, 2.75) is 51.0 Å². The van der Waals surface area contributed by atoms with Crippen LogP contribution in [0.4, 0.5) is 5.69 Å². The Bertz CT molecular complexity index is 397. The first-order chi connectivity index (χ1) is 9.24. The van der Waals surface area contributed by atoms with Gasteiger partial charge in [0.25, 0.3) is 0 Å². The Hall–Kier alpha value is -0.800. The molecule has 2 rings (SSSR count). The van der Waals surface area contributed by atoms with Gasteiger partial charge in [0.1, 0.15) is 0 Å². The molecule has 1 aliphatic rings. The summed E-state index contributed by atoms with van der Waals surface area (Å²) in [6.07, 6.45) is 9.17. The van der Waals surface area contributed by atoms with Gasteiger partial charge in [0.2, 0.25) is 0 Å². The van der Waals surface area contributed by atoms with Crippen LogP contribution in [0.1, 0.15) is 44.9 Å². The summed E-state index contributed by atoms with van der Waals surface area (Å²) < 4.78 is 0. The van der Waals surface area contributed by atoms with E-state index in [1.54, 1.807) is 0 Å². The van der Waals surface area contributed by atoms with E-state index in [2.05, 4.69) is 10.6 Å². The van der Waals surface area contributed by atoms with E-state index in [0.717, 1.165) is 10.7 Å². The molecule has 0 bridgehead atoms. The zero-order valence-electron chi connectivity index (χ0n) is 11.1. The number of hydrogen-bond acceptors (Lipinski definition) is 1. The molecule has 0 aromatic heterocycles. The molecule has 1 saturated carbocycles. The molecule has 4 heteroatoms. The molecule has 0 atom stereocenters. The highest BCUT2D eigenvalue weighted by Gasteiger charge is 2.12. The Morgan fingerprint density at radius 2 is 1.58 bits per heavy atom. The third-order valence-electron chi connectivity index (χ3n) is 3.54. The first-order valence-corrected chi connectivity index (χ1v) is 7.86. The van der Waals surface area contributed by atoms with Crippen LogP contribution >= 0.6 is 23.8 Å². The van der Waals surface area contributed by atoms with E-state index < -0.39 is 0 Å². The molecule has 1 aliphatic carbocycles. The molecule has 2 N–H and O–H groups in total. The summed E-state index contributed by atoms with van der Waals surface area (Å²) in [5.41, 5.74) is 0.979. The van der Waals surface area contributed by atoms with Crippen LogP contribution in [-0.4, -0.2) is 11.2 Å². The Balaban J connectivity index is 1.80. The fourth-order valence-electron chi connectivity index (χ4n) is 2.49. The third-order valence-corrected chi connectivity index (χ3v) is 4.01. The Morgan fingerprint density at radius 1 is 1.00 bits per heavy atom. The molecule has 2 nitrogen and oxygen atoms in total. The number of nitrogens with one attached hydrogen (secondary N) is 2. The van der Waals surface area contributed by atoms with Crippen molar-refractivity contribution in [1.82, 2.24) is 5.32 Å². The zero-order chi connectivity index (χ0) is 13.5. The second kappa shape index (κ2) is 7.71. The van der Waals surface area contributed by atoms with E-state index in [1.807, 2.05) is 24.3 Å². The summed E-state index contributed by atoms with van der Waals surface area (Å²) in [7, 11) is 0. The molecule has 104 valence electrons. The molecule has 1 aromatic carbocycles. The second-order valence-corrected chi connectivity index (χ2v) is 5.99. The molecule has 0 aliphatic heterocycles. The molecular weight excluding hydrogens is 276 g/mol. The lowest BCUT2D eigenvalue weighted by atomic mass is 9.97. The second-order valence-electron chi connectivity index (χ2n) is 5.15. The van der Waals surface area contributed by atoms with Crippen molar-refractivity contribution in [1.29, 1.82) is 0 Å². The average molecular weight is 297 g/mol. The predicted molar refractivity (Wildman–Crippen MR) is 86.9 cm³/mol. The first kappa shape index (κ1) is 14.6. The Morgan fingerprint density at radius 3 is 2.21 bits per heavy atom. The molecule has 0 amide bonds. The van der Waals surface area contributed by atoms with Crippen molar-refractivity contribution in [3.63, 3.8) is 0 Å². The third kappa shape index (κ3) is 5.37. The van der Waals surface area contributed by atoms with Crippen molar-refractivity contribution in [3.05, 3.63) is 29.3 Å². The summed E-state index contributed by atoms with van der Waals surface area (Å²) in [5, 5.41) is 8.11. The van der Waals surface area contributed by atoms with Gasteiger partial charge in [-0.15, -0.1) is 0 Å². The molecule has 0 saturated heterocycles. The van der Waals surface area contributed by atoms with Crippen LogP contribution < -0.4 is 10.6 Å². The average Bonchev–Trinajstić information content (AvgIpc) is 2.35. The van der Waals surface area contributed by atoms with Gasteiger partial charge in [0, 0.05) is 16.8 Å². The van der Waals surface area contributed by atoms with Gasteiger partial charge in [-0.1, -0.05) is 43.7 Å². The lowest BCUT2D eigenvalue weighted by molar-refractivity contribution is 0.430. The highest BCUT2D eigenvalue weighted by atomic mass is 35.5.